The first-order valence-electron chi connectivity index (χ1n) is 12.6. The summed E-state index contributed by atoms with van der Waals surface area (Å²) < 4.78 is 13.4. The van der Waals surface area contributed by atoms with Gasteiger partial charge in [0.15, 0.2) is 0 Å². The molecule has 0 saturated carbocycles. The Labute approximate surface area is 212 Å². The summed E-state index contributed by atoms with van der Waals surface area (Å²) in [5, 5.41) is 7.89. The summed E-state index contributed by atoms with van der Waals surface area (Å²) >= 11 is 0. The maximum atomic E-state index is 13.5. The number of carbonyl (C=O) groups is 1. The van der Waals surface area contributed by atoms with Crippen LogP contribution in [0.2, 0.25) is 0 Å². The van der Waals surface area contributed by atoms with Crippen molar-refractivity contribution in [1.29, 1.82) is 0 Å². The quantitative estimate of drug-likeness (QED) is 0.438. The first-order valence-corrected chi connectivity index (χ1v) is 12.6. The molecule has 2 N–H and O–H groups in total. The maximum absolute atomic E-state index is 13.5. The van der Waals surface area contributed by atoms with Crippen molar-refractivity contribution in [2.75, 3.05) is 32.8 Å². The number of rotatable bonds is 12. The second-order valence-electron chi connectivity index (χ2n) is 8.69. The Balaban J connectivity index is 1.87. The average molecular weight is 495 g/mol. The van der Waals surface area contributed by atoms with Gasteiger partial charge in [0, 0.05) is 50.9 Å². The van der Waals surface area contributed by atoms with Gasteiger partial charge in [0.05, 0.1) is 12.0 Å². The predicted molar refractivity (Wildman–Crippen MR) is 143 cm³/mol. The number of ether oxygens (including phenoxy) is 2. The highest BCUT2D eigenvalue weighted by Crippen LogP contribution is 2.11. The van der Waals surface area contributed by atoms with Crippen molar-refractivity contribution in [1.82, 2.24) is 20.1 Å². The number of hydrogen-bond acceptors (Lipinski definition) is 5. The smallest absolute Gasteiger partial charge is 0.317 e. The van der Waals surface area contributed by atoms with Gasteiger partial charge in [0.2, 0.25) is 0 Å². The average Bonchev–Trinajstić information content (AvgIpc) is 2.83. The van der Waals surface area contributed by atoms with E-state index in [-0.39, 0.29) is 23.7 Å². The molecule has 1 fully saturated rings. The van der Waals surface area contributed by atoms with Gasteiger partial charge in [0.1, 0.15) is 11.9 Å². The fourth-order valence-corrected chi connectivity index (χ4v) is 4.12. The van der Waals surface area contributed by atoms with Crippen LogP contribution in [0.1, 0.15) is 26.3 Å². The van der Waals surface area contributed by atoms with Crippen molar-refractivity contribution in [3.8, 4) is 5.75 Å². The van der Waals surface area contributed by atoms with Crippen molar-refractivity contribution < 1.29 is 14.3 Å². The lowest BCUT2D eigenvalue weighted by Crippen LogP contribution is -2.62. The summed E-state index contributed by atoms with van der Waals surface area (Å²) in [4.78, 5) is 27.2. The van der Waals surface area contributed by atoms with E-state index >= 15 is 0 Å². The first-order chi connectivity index (χ1) is 17.5. The van der Waals surface area contributed by atoms with Crippen LogP contribution >= 0.6 is 0 Å². The van der Waals surface area contributed by atoms with Gasteiger partial charge >= 0.3 is 6.03 Å². The second kappa shape index (κ2) is 13.7. The lowest BCUT2D eigenvalue weighted by Gasteiger charge is -2.39. The molecule has 0 bridgehead atoms. The lowest BCUT2D eigenvalue weighted by molar-refractivity contribution is 0.136. The van der Waals surface area contributed by atoms with Crippen LogP contribution in [-0.4, -0.2) is 60.5 Å². The molecular weight excluding hydrogens is 456 g/mol. The van der Waals surface area contributed by atoms with Crippen LogP contribution in [0.15, 0.2) is 53.8 Å². The van der Waals surface area contributed by atoms with Gasteiger partial charge in [-0.05, 0) is 50.3 Å². The van der Waals surface area contributed by atoms with E-state index in [2.05, 4.69) is 17.2 Å². The third-order valence-corrected chi connectivity index (χ3v) is 5.93. The number of amides is 2. The Hall–Kier alpha value is -3.36. The highest BCUT2D eigenvalue weighted by Gasteiger charge is 2.29. The molecule has 1 saturated heterocycles. The van der Waals surface area contributed by atoms with E-state index in [1.54, 1.807) is 15.5 Å². The molecule has 1 unspecified atom stereocenters. The second-order valence-corrected chi connectivity index (χ2v) is 8.69. The van der Waals surface area contributed by atoms with Gasteiger partial charge in [-0.15, -0.1) is 0 Å². The fourth-order valence-electron chi connectivity index (χ4n) is 4.12. The van der Waals surface area contributed by atoms with E-state index in [4.69, 9.17) is 9.47 Å². The standard InChI is InChI=1S/C28H38N4O4/c1-5-11-22-17-23(18-30-24-19-31(20-24)28(34)29-6-2)27(33)32(14-15-35-7-3)26(22)16-21(4)36-25-12-9-8-10-13-25/h5,8-13,16-17,21,24,30H,1,6-7,14-15,18-20H2,2-4H3,(H,29,34)/b22-11-,26-16+. The minimum absolute atomic E-state index is 0.0524. The Bertz CT molecular complexity index is 1190. The molecule has 8 nitrogen and oxygen atoms in total. The number of para-hydroxylation sites is 1. The summed E-state index contributed by atoms with van der Waals surface area (Å²) in [6.45, 7) is 13.4. The highest BCUT2D eigenvalue weighted by molar-refractivity contribution is 5.75. The number of likely N-dealkylation sites (tertiary alicyclic amines) is 1. The molecule has 2 heterocycles. The largest absolute Gasteiger partial charge is 0.487 e. The van der Waals surface area contributed by atoms with E-state index in [1.165, 1.54) is 0 Å². The molecule has 1 aromatic carbocycles. The number of aromatic nitrogens is 1. The van der Waals surface area contributed by atoms with E-state index in [1.807, 2.05) is 69.3 Å². The molecule has 36 heavy (non-hydrogen) atoms. The SMILES string of the molecule is C=C/C=c1/cc(CNC2CN(C(=O)NCC)C2)c(=O)n(CCOCC)/c1=C/C(C)Oc1ccccc1. The monoisotopic (exact) mass is 494 g/mol. The van der Waals surface area contributed by atoms with Gasteiger partial charge in [-0.1, -0.05) is 36.9 Å². The number of benzene rings is 1. The first kappa shape index (κ1) is 27.2. The third-order valence-electron chi connectivity index (χ3n) is 5.93. The summed E-state index contributed by atoms with van der Waals surface area (Å²) in [6, 6.07) is 11.6. The summed E-state index contributed by atoms with van der Waals surface area (Å²) in [7, 11) is 0. The molecule has 2 aromatic rings. The molecule has 0 spiro atoms. The molecule has 3 rings (SSSR count). The molecule has 0 aliphatic carbocycles. The Morgan fingerprint density at radius 2 is 2.00 bits per heavy atom. The number of carbonyl (C=O) groups excluding carboxylic acids is 1. The lowest BCUT2D eigenvalue weighted by atomic mass is 10.1. The molecule has 8 heteroatoms. The zero-order valence-electron chi connectivity index (χ0n) is 21.5. The van der Waals surface area contributed by atoms with Crippen LogP contribution in [0, 0.1) is 0 Å². The number of allylic oxidation sites excluding steroid dienone is 1. The molecule has 1 aliphatic heterocycles. The minimum Gasteiger partial charge on any atom is -0.487 e. The Morgan fingerprint density at radius 1 is 1.25 bits per heavy atom. The highest BCUT2D eigenvalue weighted by atomic mass is 16.5. The van der Waals surface area contributed by atoms with Gasteiger partial charge < -0.3 is 29.6 Å². The van der Waals surface area contributed by atoms with E-state index in [9.17, 15) is 9.59 Å². The molecular formula is C28H38N4O4. The molecule has 1 aromatic heterocycles. The molecule has 2 amide bonds. The van der Waals surface area contributed by atoms with Crippen LogP contribution in [0.25, 0.3) is 12.2 Å². The summed E-state index contributed by atoms with van der Waals surface area (Å²) in [5.41, 5.74) is 0.589. The number of pyridine rings is 1. The number of urea groups is 1. The van der Waals surface area contributed by atoms with Gasteiger partial charge in [-0.2, -0.15) is 0 Å². The van der Waals surface area contributed by atoms with Crippen LogP contribution in [0.4, 0.5) is 4.79 Å². The van der Waals surface area contributed by atoms with Crippen LogP contribution in [-0.2, 0) is 17.8 Å². The van der Waals surface area contributed by atoms with Crippen molar-refractivity contribution in [2.45, 2.75) is 46.0 Å². The third kappa shape index (κ3) is 7.32. The topological polar surface area (TPSA) is 84.8 Å². The van der Waals surface area contributed by atoms with E-state index in [0.717, 1.165) is 16.3 Å². The van der Waals surface area contributed by atoms with E-state index in [0.29, 0.717) is 51.5 Å². The van der Waals surface area contributed by atoms with Crippen LogP contribution < -0.4 is 31.5 Å². The molecule has 1 aliphatic rings. The molecule has 1 atom stereocenters. The normalized spacial score (nSPS) is 15.5. The molecule has 194 valence electrons. The minimum atomic E-state index is -0.263. The van der Waals surface area contributed by atoms with Crippen molar-refractivity contribution >= 4 is 18.2 Å². The van der Waals surface area contributed by atoms with Gasteiger partial charge in [-0.3, -0.25) is 4.79 Å². The van der Waals surface area contributed by atoms with Crippen molar-refractivity contribution in [2.24, 2.45) is 0 Å². The zero-order chi connectivity index (χ0) is 25.9. The summed E-state index contributed by atoms with van der Waals surface area (Å²) in [6.07, 6.45) is 5.33. The van der Waals surface area contributed by atoms with Gasteiger partial charge in [-0.25, -0.2) is 4.79 Å². The van der Waals surface area contributed by atoms with E-state index < -0.39 is 0 Å². The maximum Gasteiger partial charge on any atom is 0.317 e. The number of hydrogen-bond donors (Lipinski definition) is 2. The molecule has 0 radical (unpaired) electrons. The zero-order valence-corrected chi connectivity index (χ0v) is 21.5. The fraction of sp³-hybridized carbons (Fsp3) is 0.429. The number of nitrogens with one attached hydrogen (secondary N) is 2. The number of nitrogens with zero attached hydrogens (tertiary/aromatic N) is 2. The Kier molecular flexibility index (Phi) is 10.3. The predicted octanol–water partition coefficient (Wildman–Crippen LogP) is 1.60. The van der Waals surface area contributed by atoms with Crippen LogP contribution in [0.3, 0.4) is 0 Å². The van der Waals surface area contributed by atoms with Crippen molar-refractivity contribution in [3.05, 3.63) is 75.5 Å². The van der Waals surface area contributed by atoms with Gasteiger partial charge in [0.25, 0.3) is 5.56 Å². The van der Waals surface area contributed by atoms with Crippen LogP contribution in [0.5, 0.6) is 5.75 Å². The van der Waals surface area contributed by atoms with Crippen molar-refractivity contribution in [3.63, 3.8) is 0 Å². The summed E-state index contributed by atoms with van der Waals surface area (Å²) in [5.74, 6) is 0.765. The Morgan fingerprint density at radius 3 is 2.67 bits per heavy atom.